The van der Waals surface area contributed by atoms with Crippen LogP contribution in [0, 0.1) is 11.8 Å². The Morgan fingerprint density at radius 2 is 1.49 bits per heavy atom. The quantitative estimate of drug-likeness (QED) is 0.494. The van der Waals surface area contributed by atoms with Crippen LogP contribution in [0.5, 0.6) is 0 Å². The summed E-state index contributed by atoms with van der Waals surface area (Å²) in [7, 11) is 1.29. The van der Waals surface area contributed by atoms with Crippen LogP contribution in [0.1, 0.15) is 89.5 Å². The van der Waals surface area contributed by atoms with E-state index in [0.717, 1.165) is 37.5 Å². The lowest BCUT2D eigenvalue weighted by molar-refractivity contribution is -0.142. The highest BCUT2D eigenvalue weighted by Gasteiger charge is 2.45. The summed E-state index contributed by atoms with van der Waals surface area (Å²) >= 11 is 0. The van der Waals surface area contributed by atoms with Crippen LogP contribution in [-0.2, 0) is 20.9 Å². The van der Waals surface area contributed by atoms with Crippen LogP contribution in [0.25, 0.3) is 10.9 Å². The fourth-order valence-electron chi connectivity index (χ4n) is 8.55. The summed E-state index contributed by atoms with van der Waals surface area (Å²) in [5, 5.41) is 0.463. The first kappa shape index (κ1) is 26.5. The average Bonchev–Trinajstić information content (AvgIpc) is 2.93. The van der Waals surface area contributed by atoms with Crippen molar-refractivity contribution >= 4 is 22.7 Å². The Hall–Kier alpha value is -2.74. The van der Waals surface area contributed by atoms with Crippen molar-refractivity contribution in [1.82, 2.24) is 14.0 Å². The Morgan fingerprint density at radius 1 is 0.821 bits per heavy atom. The van der Waals surface area contributed by atoms with Crippen molar-refractivity contribution in [2.75, 3.05) is 7.11 Å². The Kier molecular flexibility index (Phi) is 7.49. The fourth-order valence-corrected chi connectivity index (χ4v) is 8.55. The average molecular weight is 536 g/mol. The molecule has 2 aliphatic carbocycles. The highest BCUT2D eigenvalue weighted by molar-refractivity contribution is 5.85. The number of carbonyl (C=O) groups excluding carboxylic acids is 2. The van der Waals surface area contributed by atoms with Crippen LogP contribution in [0.3, 0.4) is 0 Å². The first-order valence-electron chi connectivity index (χ1n) is 15.0. The van der Waals surface area contributed by atoms with Crippen LogP contribution in [-0.4, -0.2) is 51.0 Å². The van der Waals surface area contributed by atoms with Crippen LogP contribution < -0.4 is 11.2 Å². The van der Waals surface area contributed by atoms with Crippen molar-refractivity contribution in [2.24, 2.45) is 11.8 Å². The topological polar surface area (TPSA) is 90.6 Å². The zero-order valence-corrected chi connectivity index (χ0v) is 23.1. The number of hydrogen-bond donors (Lipinski definition) is 0. The van der Waals surface area contributed by atoms with E-state index in [1.54, 1.807) is 24.3 Å². The Bertz CT molecular complexity index is 1340. The molecule has 3 heterocycles. The lowest BCUT2D eigenvalue weighted by Gasteiger charge is -2.55. The van der Waals surface area contributed by atoms with E-state index in [9.17, 15) is 19.2 Å². The number of Topliss-reactive ketones (excluding diaryl/α,β-unsaturated/α-hetero) is 1. The van der Waals surface area contributed by atoms with Gasteiger partial charge >= 0.3 is 11.7 Å². The molecule has 1 aromatic heterocycles. The van der Waals surface area contributed by atoms with E-state index in [1.807, 2.05) is 0 Å². The predicted molar refractivity (Wildman–Crippen MR) is 149 cm³/mol. The van der Waals surface area contributed by atoms with E-state index < -0.39 is 11.7 Å². The SMILES string of the molecule is COC(=O)CCC(=O)Cn1c(=O)n(C2CC3CCCC(C2)N3C2CC3CCCC(C3)C2)c(=O)c2ccccc21. The molecule has 4 atom stereocenters. The number of aromatic nitrogens is 2. The molecule has 0 spiro atoms. The first-order chi connectivity index (χ1) is 18.9. The number of ether oxygens (including phenoxy) is 1. The predicted octanol–water partition coefficient (Wildman–Crippen LogP) is 4.21. The second-order valence-corrected chi connectivity index (χ2v) is 12.5. The molecule has 1 aromatic carbocycles. The fraction of sp³-hybridized carbons (Fsp3) is 0.677. The molecule has 2 aliphatic heterocycles. The third kappa shape index (κ3) is 5.12. The lowest BCUT2D eigenvalue weighted by Crippen LogP contribution is -2.59. The number of nitrogens with zero attached hydrogens (tertiary/aromatic N) is 3. The molecule has 2 saturated carbocycles. The molecule has 4 unspecified atom stereocenters. The summed E-state index contributed by atoms with van der Waals surface area (Å²) < 4.78 is 7.57. The molecule has 39 heavy (non-hydrogen) atoms. The van der Waals surface area contributed by atoms with Gasteiger partial charge in [-0.05, 0) is 68.9 Å². The maximum Gasteiger partial charge on any atom is 0.332 e. The largest absolute Gasteiger partial charge is 0.469 e. The molecule has 0 radical (unpaired) electrons. The molecular formula is C31H41N3O5. The van der Waals surface area contributed by atoms with E-state index in [2.05, 4.69) is 9.64 Å². The zero-order valence-electron chi connectivity index (χ0n) is 23.1. The van der Waals surface area contributed by atoms with Crippen LogP contribution in [0.2, 0.25) is 0 Å². The van der Waals surface area contributed by atoms with Gasteiger partial charge in [-0.15, -0.1) is 0 Å². The number of piperidine rings is 2. The van der Waals surface area contributed by atoms with Gasteiger partial charge in [-0.25, -0.2) is 4.79 Å². The number of esters is 1. The molecule has 8 nitrogen and oxygen atoms in total. The molecule has 0 N–H and O–H groups in total. The van der Waals surface area contributed by atoms with Gasteiger partial charge in [-0.1, -0.05) is 37.8 Å². The number of carbonyl (C=O) groups is 2. The van der Waals surface area contributed by atoms with Crippen LogP contribution >= 0.6 is 0 Å². The Morgan fingerprint density at radius 3 is 2.18 bits per heavy atom. The Labute approximate surface area is 229 Å². The monoisotopic (exact) mass is 535 g/mol. The molecule has 2 aromatic rings. The maximum atomic E-state index is 13.9. The van der Waals surface area contributed by atoms with Gasteiger partial charge < -0.3 is 4.74 Å². The standard InChI is InChI=1S/C31H41N3O5/c1-39-29(36)13-12-26(35)19-32-28-11-3-2-10-27(28)30(37)34(31(32)38)25-17-22-8-5-9-23(18-25)33(22)24-15-20-6-4-7-21(14-20)16-24/h2-3,10-11,20-25H,4-9,12-19H2,1H3. The molecule has 8 heteroatoms. The summed E-state index contributed by atoms with van der Waals surface area (Å²) in [6.07, 6.45) is 13.2. The van der Waals surface area contributed by atoms with Gasteiger partial charge in [0.05, 0.1) is 31.0 Å². The number of rotatable bonds is 7. The minimum Gasteiger partial charge on any atom is -0.469 e. The van der Waals surface area contributed by atoms with Crippen molar-refractivity contribution in [3.63, 3.8) is 0 Å². The van der Waals surface area contributed by atoms with Gasteiger partial charge in [0.25, 0.3) is 5.56 Å². The number of benzene rings is 1. The summed E-state index contributed by atoms with van der Waals surface area (Å²) in [5.74, 6) is 1.05. The minimum atomic E-state index is -0.453. The summed E-state index contributed by atoms with van der Waals surface area (Å²) in [5.41, 5.74) is -0.187. The van der Waals surface area contributed by atoms with Crippen LogP contribution in [0.4, 0.5) is 0 Å². The first-order valence-corrected chi connectivity index (χ1v) is 15.0. The maximum absolute atomic E-state index is 13.9. The van der Waals surface area contributed by atoms with Gasteiger partial charge in [-0.3, -0.25) is 28.4 Å². The molecule has 6 rings (SSSR count). The second-order valence-electron chi connectivity index (χ2n) is 12.5. The lowest BCUT2D eigenvalue weighted by atomic mass is 9.68. The van der Waals surface area contributed by atoms with Crippen molar-refractivity contribution in [2.45, 2.75) is 114 Å². The number of hydrogen-bond acceptors (Lipinski definition) is 6. The van der Waals surface area contributed by atoms with Gasteiger partial charge in [0.1, 0.15) is 0 Å². The van der Waals surface area contributed by atoms with Crippen molar-refractivity contribution in [3.05, 3.63) is 45.1 Å². The normalized spacial score (nSPS) is 30.7. The molecule has 2 saturated heterocycles. The summed E-state index contributed by atoms with van der Waals surface area (Å²) in [4.78, 5) is 54.9. The van der Waals surface area contributed by atoms with Crippen molar-refractivity contribution in [3.8, 4) is 0 Å². The third-order valence-electron chi connectivity index (χ3n) is 10.1. The zero-order chi connectivity index (χ0) is 27.1. The van der Waals surface area contributed by atoms with E-state index in [4.69, 9.17) is 0 Å². The minimum absolute atomic E-state index is 0.00151. The van der Waals surface area contributed by atoms with Gasteiger partial charge in [-0.2, -0.15) is 0 Å². The van der Waals surface area contributed by atoms with Gasteiger partial charge in [0, 0.05) is 30.6 Å². The summed E-state index contributed by atoms with van der Waals surface area (Å²) in [6.45, 7) is -0.160. The van der Waals surface area contributed by atoms with Gasteiger partial charge in [0.2, 0.25) is 0 Å². The van der Waals surface area contributed by atoms with Crippen LogP contribution in [0.15, 0.2) is 33.9 Å². The molecular weight excluding hydrogens is 494 g/mol. The number of methoxy groups -OCH3 is 1. The highest BCUT2D eigenvalue weighted by Crippen LogP contribution is 2.47. The molecule has 4 aliphatic rings. The smallest absolute Gasteiger partial charge is 0.332 e. The Balaban J connectivity index is 1.30. The van der Waals surface area contributed by atoms with Gasteiger partial charge in [0.15, 0.2) is 5.78 Å². The number of fused-ring (bicyclic) bond motifs is 5. The van der Waals surface area contributed by atoms with E-state index in [0.29, 0.717) is 29.0 Å². The molecule has 210 valence electrons. The number of ketones is 1. The molecule has 0 amide bonds. The van der Waals surface area contributed by atoms with E-state index in [-0.39, 0.29) is 36.8 Å². The third-order valence-corrected chi connectivity index (χ3v) is 10.1. The van der Waals surface area contributed by atoms with E-state index in [1.165, 1.54) is 61.2 Å². The molecule has 4 bridgehead atoms. The van der Waals surface area contributed by atoms with Crippen molar-refractivity contribution < 1.29 is 14.3 Å². The van der Waals surface area contributed by atoms with E-state index >= 15 is 0 Å². The summed E-state index contributed by atoms with van der Waals surface area (Å²) in [6, 6.07) is 8.34. The second kappa shape index (κ2) is 11.0. The molecule has 4 fully saturated rings. The van der Waals surface area contributed by atoms with Crippen molar-refractivity contribution in [1.29, 1.82) is 0 Å². The highest BCUT2D eigenvalue weighted by atomic mass is 16.5. The number of para-hydroxylation sites is 1.